The molecule has 0 amide bonds. The van der Waals surface area contributed by atoms with Crippen LogP contribution in [-0.4, -0.2) is 16.5 Å². The largest absolute Gasteiger partial charge is 0.368 e. The smallest absolute Gasteiger partial charge is 0.222 e. The Morgan fingerprint density at radius 3 is 2.95 bits per heavy atom. The summed E-state index contributed by atoms with van der Waals surface area (Å²) in [5.74, 6) is 1.14. The average Bonchev–Trinajstić information content (AvgIpc) is 2.41. The fraction of sp³-hybridized carbons (Fsp3) is 0.286. The molecular weight excluding hydrogens is 238 g/mol. The van der Waals surface area contributed by atoms with E-state index in [9.17, 15) is 0 Å². The van der Waals surface area contributed by atoms with Crippen LogP contribution in [0.4, 0.5) is 17.5 Å². The van der Waals surface area contributed by atoms with Gasteiger partial charge in [0.2, 0.25) is 5.95 Å². The number of nitrogens with zero attached hydrogens (tertiary/aromatic N) is 2. The lowest BCUT2D eigenvalue weighted by molar-refractivity contribution is 0.629. The molecule has 0 saturated heterocycles. The Morgan fingerprint density at radius 2 is 2.11 bits per heavy atom. The maximum absolute atomic E-state index is 5.79. The first kappa shape index (κ1) is 11.9. The molecule has 5 heteroatoms. The maximum atomic E-state index is 5.79. The van der Waals surface area contributed by atoms with E-state index < -0.39 is 0 Å². The fourth-order valence-electron chi connectivity index (χ4n) is 2.31. The van der Waals surface area contributed by atoms with Gasteiger partial charge in [0.1, 0.15) is 5.82 Å². The van der Waals surface area contributed by atoms with Crippen molar-refractivity contribution in [1.82, 2.24) is 15.3 Å². The number of benzene rings is 1. The third kappa shape index (κ3) is 2.37. The van der Waals surface area contributed by atoms with Gasteiger partial charge in [0.15, 0.2) is 0 Å². The third-order valence-corrected chi connectivity index (χ3v) is 3.35. The number of rotatable bonds is 2. The zero-order chi connectivity index (χ0) is 13.2. The van der Waals surface area contributed by atoms with Crippen LogP contribution in [0.2, 0.25) is 0 Å². The molecule has 0 fully saturated rings. The molecule has 0 spiro atoms. The minimum absolute atomic E-state index is 0.330. The lowest BCUT2D eigenvalue weighted by Crippen LogP contribution is -2.26. The Balaban J connectivity index is 2.01. The van der Waals surface area contributed by atoms with Gasteiger partial charge in [0.25, 0.3) is 0 Å². The number of hydrogen-bond donors (Lipinski definition) is 3. The van der Waals surface area contributed by atoms with E-state index in [0.717, 1.165) is 42.3 Å². The number of nitrogens with two attached hydrogens (primary N) is 1. The predicted octanol–water partition coefficient (Wildman–Crippen LogP) is 1.76. The molecule has 0 aliphatic carbocycles. The van der Waals surface area contributed by atoms with E-state index in [1.807, 2.05) is 18.2 Å². The van der Waals surface area contributed by atoms with Crippen LogP contribution in [0.15, 0.2) is 24.3 Å². The highest BCUT2D eigenvalue weighted by atomic mass is 15.1. The highest BCUT2D eigenvalue weighted by molar-refractivity contribution is 5.64. The van der Waals surface area contributed by atoms with Gasteiger partial charge in [-0.15, -0.1) is 0 Å². The number of anilines is 3. The van der Waals surface area contributed by atoms with E-state index in [1.165, 1.54) is 5.56 Å². The molecule has 1 aromatic carbocycles. The normalized spacial score (nSPS) is 13.9. The molecule has 98 valence electrons. The Kier molecular flexibility index (Phi) is 3.05. The summed E-state index contributed by atoms with van der Waals surface area (Å²) in [6.07, 6.45) is 0.893. The standard InChI is InChI=1S/C14H17N5/c1-9-4-2-3-5-11(9)17-13-10-8-16-7-6-12(10)18-14(15)19-13/h2-5,16H,6-8H2,1H3,(H3,15,17,18,19). The summed E-state index contributed by atoms with van der Waals surface area (Å²) in [6, 6.07) is 8.13. The van der Waals surface area contributed by atoms with Crippen LogP contribution in [-0.2, 0) is 13.0 Å². The number of fused-ring (bicyclic) bond motifs is 1. The van der Waals surface area contributed by atoms with E-state index in [4.69, 9.17) is 5.73 Å². The summed E-state index contributed by atoms with van der Waals surface area (Å²) in [7, 11) is 0. The highest BCUT2D eigenvalue weighted by Crippen LogP contribution is 2.25. The van der Waals surface area contributed by atoms with Gasteiger partial charge >= 0.3 is 0 Å². The first-order valence-electron chi connectivity index (χ1n) is 6.42. The Labute approximate surface area is 112 Å². The van der Waals surface area contributed by atoms with Gasteiger partial charge in [0, 0.05) is 30.8 Å². The quantitative estimate of drug-likeness (QED) is 0.762. The molecule has 5 nitrogen and oxygen atoms in total. The van der Waals surface area contributed by atoms with Crippen molar-refractivity contribution in [3.05, 3.63) is 41.1 Å². The molecule has 1 aliphatic heterocycles. The van der Waals surface area contributed by atoms with Crippen LogP contribution in [0.3, 0.4) is 0 Å². The second-order valence-electron chi connectivity index (χ2n) is 4.72. The Bertz CT molecular complexity index is 609. The molecule has 1 aromatic heterocycles. The van der Waals surface area contributed by atoms with Crippen LogP contribution in [0, 0.1) is 6.92 Å². The Hall–Kier alpha value is -2.14. The average molecular weight is 255 g/mol. The second kappa shape index (κ2) is 4.85. The molecular formula is C14H17N5. The predicted molar refractivity (Wildman–Crippen MR) is 76.3 cm³/mol. The first-order chi connectivity index (χ1) is 9.24. The van der Waals surface area contributed by atoms with E-state index in [1.54, 1.807) is 0 Å². The van der Waals surface area contributed by atoms with Crippen LogP contribution in [0.1, 0.15) is 16.8 Å². The molecule has 2 aromatic rings. The second-order valence-corrected chi connectivity index (χ2v) is 4.72. The molecule has 1 aliphatic rings. The summed E-state index contributed by atoms with van der Waals surface area (Å²) in [5, 5.41) is 6.71. The molecule has 0 atom stereocenters. The van der Waals surface area contributed by atoms with Crippen LogP contribution in [0.5, 0.6) is 0 Å². The van der Waals surface area contributed by atoms with Crippen molar-refractivity contribution < 1.29 is 0 Å². The van der Waals surface area contributed by atoms with Crippen molar-refractivity contribution >= 4 is 17.5 Å². The van der Waals surface area contributed by atoms with Crippen LogP contribution in [0.25, 0.3) is 0 Å². The zero-order valence-electron chi connectivity index (χ0n) is 10.9. The van der Waals surface area contributed by atoms with Gasteiger partial charge in [0.05, 0.1) is 5.69 Å². The van der Waals surface area contributed by atoms with Gasteiger partial charge in [-0.3, -0.25) is 0 Å². The number of hydrogen-bond acceptors (Lipinski definition) is 5. The molecule has 4 N–H and O–H groups in total. The number of para-hydroxylation sites is 1. The van der Waals surface area contributed by atoms with Crippen molar-refractivity contribution in [1.29, 1.82) is 0 Å². The van der Waals surface area contributed by atoms with Gasteiger partial charge in [-0.25, -0.2) is 4.98 Å². The molecule has 0 unspecified atom stereocenters. The number of aromatic nitrogens is 2. The topological polar surface area (TPSA) is 75.9 Å². The van der Waals surface area contributed by atoms with E-state index in [0.29, 0.717) is 5.95 Å². The summed E-state index contributed by atoms with van der Waals surface area (Å²) >= 11 is 0. The molecule has 2 heterocycles. The fourth-order valence-corrected chi connectivity index (χ4v) is 2.31. The highest BCUT2D eigenvalue weighted by Gasteiger charge is 2.17. The maximum Gasteiger partial charge on any atom is 0.222 e. The van der Waals surface area contributed by atoms with Gasteiger partial charge in [-0.2, -0.15) is 4.98 Å². The minimum atomic E-state index is 0.330. The lowest BCUT2D eigenvalue weighted by atomic mass is 10.1. The van der Waals surface area contributed by atoms with Gasteiger partial charge in [-0.05, 0) is 18.6 Å². The van der Waals surface area contributed by atoms with Crippen LogP contribution >= 0.6 is 0 Å². The summed E-state index contributed by atoms with van der Waals surface area (Å²) in [4.78, 5) is 8.66. The number of nitrogens with one attached hydrogen (secondary N) is 2. The van der Waals surface area contributed by atoms with Gasteiger partial charge < -0.3 is 16.4 Å². The van der Waals surface area contributed by atoms with E-state index in [-0.39, 0.29) is 0 Å². The van der Waals surface area contributed by atoms with Crippen molar-refractivity contribution in [3.63, 3.8) is 0 Å². The van der Waals surface area contributed by atoms with E-state index in [2.05, 4.69) is 33.6 Å². The van der Waals surface area contributed by atoms with Crippen molar-refractivity contribution in [3.8, 4) is 0 Å². The minimum Gasteiger partial charge on any atom is -0.368 e. The monoisotopic (exact) mass is 255 g/mol. The summed E-state index contributed by atoms with van der Waals surface area (Å²) in [5.41, 5.74) is 10.2. The van der Waals surface area contributed by atoms with Crippen molar-refractivity contribution in [2.45, 2.75) is 19.9 Å². The van der Waals surface area contributed by atoms with Crippen LogP contribution < -0.4 is 16.4 Å². The lowest BCUT2D eigenvalue weighted by Gasteiger charge is -2.20. The number of nitrogen functional groups attached to an aromatic ring is 1. The van der Waals surface area contributed by atoms with Crippen molar-refractivity contribution in [2.24, 2.45) is 0 Å². The summed E-state index contributed by atoms with van der Waals surface area (Å²) < 4.78 is 0. The molecule has 0 radical (unpaired) electrons. The number of aryl methyl sites for hydroxylation is 1. The first-order valence-corrected chi connectivity index (χ1v) is 6.42. The molecule has 3 rings (SSSR count). The molecule has 0 bridgehead atoms. The zero-order valence-corrected chi connectivity index (χ0v) is 10.9. The van der Waals surface area contributed by atoms with Gasteiger partial charge in [-0.1, -0.05) is 18.2 Å². The molecule has 19 heavy (non-hydrogen) atoms. The molecule has 0 saturated carbocycles. The SMILES string of the molecule is Cc1ccccc1Nc1nc(N)nc2c1CNCC2. The Morgan fingerprint density at radius 1 is 1.26 bits per heavy atom. The van der Waals surface area contributed by atoms with E-state index >= 15 is 0 Å². The summed E-state index contributed by atoms with van der Waals surface area (Å²) in [6.45, 7) is 3.79. The third-order valence-electron chi connectivity index (χ3n) is 3.35. The van der Waals surface area contributed by atoms with Crippen molar-refractivity contribution in [2.75, 3.05) is 17.6 Å².